The first kappa shape index (κ1) is 25.2. The lowest BCUT2D eigenvalue weighted by molar-refractivity contribution is -0.119. The minimum Gasteiger partial charge on any atom is -0.493 e. The molecule has 1 N–H and O–H groups in total. The summed E-state index contributed by atoms with van der Waals surface area (Å²) in [5.41, 5.74) is 0.252. The zero-order chi connectivity index (χ0) is 24.1. The lowest BCUT2D eigenvalue weighted by Crippen LogP contribution is -2.23. The second kappa shape index (κ2) is 10.5. The van der Waals surface area contributed by atoms with Gasteiger partial charge >= 0.3 is 5.97 Å². The number of methoxy groups -OCH3 is 3. The minimum atomic E-state index is -3.82. The van der Waals surface area contributed by atoms with Crippen molar-refractivity contribution in [3.8, 4) is 17.2 Å². The molecule has 0 unspecified atom stereocenters. The summed E-state index contributed by atoms with van der Waals surface area (Å²) < 4.78 is 46.3. The largest absolute Gasteiger partial charge is 0.493 e. The number of sulfonamides is 1. The molecule has 174 valence electrons. The second-order valence-electron chi connectivity index (χ2n) is 6.47. The third kappa shape index (κ3) is 5.61. The first-order valence-corrected chi connectivity index (χ1v) is 10.9. The number of esters is 1. The number of amides is 1. The number of hydrogen-bond donors (Lipinski definition) is 1. The number of nitrogens with one attached hydrogen (secondary N) is 1. The minimum absolute atomic E-state index is 0.00512. The summed E-state index contributed by atoms with van der Waals surface area (Å²) in [4.78, 5) is 24.4. The Morgan fingerprint density at radius 2 is 1.59 bits per heavy atom. The van der Waals surface area contributed by atoms with Gasteiger partial charge in [-0.15, -0.1) is 0 Å². The zero-order valence-electron chi connectivity index (χ0n) is 18.1. The van der Waals surface area contributed by atoms with Crippen LogP contribution in [0.1, 0.15) is 10.4 Å². The molecule has 12 heteroatoms. The molecule has 0 spiro atoms. The SMILES string of the molecule is COc1cc(C(=O)OCC(=O)Nc2ccc(Cl)c(S(=O)(=O)N(C)C)c2)cc(OC)c1OC. The second-order valence-corrected chi connectivity index (χ2v) is 9.00. The normalized spacial score (nSPS) is 11.1. The Hall–Kier alpha value is -3.02. The summed E-state index contributed by atoms with van der Waals surface area (Å²) in [6.45, 7) is -0.617. The number of anilines is 1. The quantitative estimate of drug-likeness (QED) is 0.536. The van der Waals surface area contributed by atoms with Gasteiger partial charge in [0.2, 0.25) is 15.8 Å². The Morgan fingerprint density at radius 1 is 1.00 bits per heavy atom. The highest BCUT2D eigenvalue weighted by molar-refractivity contribution is 7.89. The predicted octanol–water partition coefficient (Wildman–Crippen LogP) is 2.41. The number of hydrogen-bond acceptors (Lipinski definition) is 8. The maximum absolute atomic E-state index is 12.4. The number of nitrogens with zero attached hydrogens (tertiary/aromatic N) is 1. The van der Waals surface area contributed by atoms with Gasteiger partial charge in [-0.25, -0.2) is 17.5 Å². The van der Waals surface area contributed by atoms with Gasteiger partial charge in [0.1, 0.15) is 4.90 Å². The summed E-state index contributed by atoms with van der Waals surface area (Å²) in [6, 6.07) is 6.76. The summed E-state index contributed by atoms with van der Waals surface area (Å²) in [6.07, 6.45) is 0. The maximum atomic E-state index is 12.4. The van der Waals surface area contributed by atoms with Crippen molar-refractivity contribution in [2.75, 3.05) is 47.3 Å². The molecule has 0 heterocycles. The fourth-order valence-electron chi connectivity index (χ4n) is 2.59. The van der Waals surface area contributed by atoms with Crippen LogP contribution in [0.4, 0.5) is 5.69 Å². The average molecular weight is 487 g/mol. The Morgan fingerprint density at radius 3 is 2.09 bits per heavy atom. The van der Waals surface area contributed by atoms with Gasteiger partial charge in [-0.3, -0.25) is 4.79 Å². The molecule has 0 radical (unpaired) electrons. The smallest absolute Gasteiger partial charge is 0.338 e. The number of carbonyl (C=O) groups is 2. The van der Waals surface area contributed by atoms with Crippen molar-refractivity contribution in [2.45, 2.75) is 4.90 Å². The number of halogens is 1. The Labute approximate surface area is 191 Å². The van der Waals surface area contributed by atoms with E-state index >= 15 is 0 Å². The summed E-state index contributed by atoms with van der Waals surface area (Å²) in [5.74, 6) is -0.679. The van der Waals surface area contributed by atoms with Crippen LogP contribution >= 0.6 is 11.6 Å². The Kier molecular flexibility index (Phi) is 8.31. The molecule has 2 rings (SSSR count). The number of benzene rings is 2. The fourth-order valence-corrected chi connectivity index (χ4v) is 3.98. The van der Waals surface area contributed by atoms with Crippen LogP contribution in [0.2, 0.25) is 5.02 Å². The van der Waals surface area contributed by atoms with Crippen LogP contribution in [0.25, 0.3) is 0 Å². The fraction of sp³-hybridized carbons (Fsp3) is 0.300. The van der Waals surface area contributed by atoms with Crippen LogP contribution in [0.3, 0.4) is 0 Å². The van der Waals surface area contributed by atoms with Crippen molar-refractivity contribution in [3.63, 3.8) is 0 Å². The zero-order valence-corrected chi connectivity index (χ0v) is 19.7. The standard InChI is InChI=1S/C20H23ClN2O8S/c1-23(2)32(26,27)17-10-13(6-7-14(17)21)22-18(24)11-31-20(25)12-8-15(28-3)19(30-5)16(9-12)29-4/h6-10H,11H2,1-5H3,(H,22,24). The van der Waals surface area contributed by atoms with Crippen molar-refractivity contribution in [1.82, 2.24) is 4.31 Å². The van der Waals surface area contributed by atoms with E-state index in [0.717, 1.165) is 4.31 Å². The van der Waals surface area contributed by atoms with Crippen molar-refractivity contribution in [3.05, 3.63) is 40.9 Å². The molecule has 0 bridgehead atoms. The molecule has 32 heavy (non-hydrogen) atoms. The highest BCUT2D eigenvalue weighted by Gasteiger charge is 2.22. The molecule has 10 nitrogen and oxygen atoms in total. The van der Waals surface area contributed by atoms with E-state index in [-0.39, 0.29) is 32.7 Å². The highest BCUT2D eigenvalue weighted by Crippen LogP contribution is 2.38. The first-order chi connectivity index (χ1) is 15.0. The van der Waals surface area contributed by atoms with Gasteiger partial charge in [0.05, 0.1) is 31.9 Å². The van der Waals surface area contributed by atoms with Gasteiger partial charge < -0.3 is 24.3 Å². The summed E-state index contributed by atoms with van der Waals surface area (Å²) >= 11 is 5.99. The molecule has 0 fully saturated rings. The monoisotopic (exact) mass is 486 g/mol. The molecule has 0 aliphatic heterocycles. The van der Waals surface area contributed by atoms with Crippen LogP contribution in [0.5, 0.6) is 17.2 Å². The third-order valence-electron chi connectivity index (χ3n) is 4.21. The van der Waals surface area contributed by atoms with Crippen LogP contribution in [-0.2, 0) is 19.6 Å². The van der Waals surface area contributed by atoms with Gasteiger partial charge in [0, 0.05) is 19.8 Å². The average Bonchev–Trinajstić information content (AvgIpc) is 2.77. The summed E-state index contributed by atoms with van der Waals surface area (Å²) in [7, 11) is 3.13. The lowest BCUT2D eigenvalue weighted by atomic mass is 10.2. The van der Waals surface area contributed by atoms with Crippen molar-refractivity contribution in [1.29, 1.82) is 0 Å². The van der Waals surface area contributed by atoms with Crippen molar-refractivity contribution >= 4 is 39.2 Å². The topological polar surface area (TPSA) is 120 Å². The molecule has 2 aromatic carbocycles. The molecular formula is C20H23ClN2O8S. The number of carbonyl (C=O) groups excluding carboxylic acids is 2. The molecule has 0 saturated heterocycles. The van der Waals surface area contributed by atoms with E-state index in [0.29, 0.717) is 5.75 Å². The lowest BCUT2D eigenvalue weighted by Gasteiger charge is -2.15. The molecule has 0 aromatic heterocycles. The number of rotatable bonds is 9. The van der Waals surface area contributed by atoms with E-state index in [1.807, 2.05) is 0 Å². The van der Waals surface area contributed by atoms with Gasteiger partial charge in [0.15, 0.2) is 18.1 Å². The van der Waals surface area contributed by atoms with E-state index in [4.69, 9.17) is 30.5 Å². The van der Waals surface area contributed by atoms with Gasteiger partial charge in [-0.1, -0.05) is 11.6 Å². The van der Waals surface area contributed by atoms with Crippen LogP contribution < -0.4 is 19.5 Å². The van der Waals surface area contributed by atoms with E-state index in [1.165, 1.54) is 65.8 Å². The molecule has 0 atom stereocenters. The third-order valence-corrected chi connectivity index (χ3v) is 6.51. The molecule has 2 aromatic rings. The van der Waals surface area contributed by atoms with E-state index < -0.39 is 28.5 Å². The van der Waals surface area contributed by atoms with E-state index in [1.54, 1.807) is 0 Å². The van der Waals surface area contributed by atoms with Crippen molar-refractivity contribution < 1.29 is 37.0 Å². The molecule has 1 amide bonds. The van der Waals surface area contributed by atoms with Crippen LogP contribution in [0.15, 0.2) is 35.2 Å². The highest BCUT2D eigenvalue weighted by atomic mass is 35.5. The molecule has 0 saturated carbocycles. The Balaban J connectivity index is 2.12. The molecular weight excluding hydrogens is 464 g/mol. The number of ether oxygens (including phenoxy) is 4. The first-order valence-electron chi connectivity index (χ1n) is 9.04. The summed E-state index contributed by atoms with van der Waals surface area (Å²) in [5, 5.41) is 2.47. The van der Waals surface area contributed by atoms with Crippen LogP contribution in [0, 0.1) is 0 Å². The van der Waals surface area contributed by atoms with E-state index in [9.17, 15) is 18.0 Å². The van der Waals surface area contributed by atoms with Gasteiger partial charge in [0.25, 0.3) is 5.91 Å². The van der Waals surface area contributed by atoms with Gasteiger partial charge in [-0.2, -0.15) is 0 Å². The Bertz CT molecular complexity index is 1090. The molecule has 0 aliphatic carbocycles. The van der Waals surface area contributed by atoms with Crippen LogP contribution in [-0.4, -0.2) is 66.6 Å². The predicted molar refractivity (Wildman–Crippen MR) is 117 cm³/mol. The maximum Gasteiger partial charge on any atom is 0.338 e. The van der Waals surface area contributed by atoms with Gasteiger partial charge in [-0.05, 0) is 30.3 Å². The van der Waals surface area contributed by atoms with Crippen molar-refractivity contribution in [2.24, 2.45) is 0 Å². The molecule has 0 aliphatic rings. The van der Waals surface area contributed by atoms with E-state index in [2.05, 4.69) is 5.32 Å².